The number of allylic oxidation sites excluding steroid dienone is 1. The van der Waals surface area contributed by atoms with Gasteiger partial charge < -0.3 is 9.64 Å². The Balaban J connectivity index is 1.42. The Bertz CT molecular complexity index is 603. The van der Waals surface area contributed by atoms with Crippen LogP contribution >= 0.6 is 11.6 Å². The highest BCUT2D eigenvalue weighted by Crippen LogP contribution is 2.21. The Hall–Kier alpha value is -1.36. The van der Waals surface area contributed by atoms with Crippen molar-refractivity contribution in [3.8, 4) is 0 Å². The van der Waals surface area contributed by atoms with Gasteiger partial charge in [0.15, 0.2) is 0 Å². The number of benzene rings is 1. The highest BCUT2D eigenvalue weighted by Gasteiger charge is 2.25. The molecule has 5 heteroatoms. The molecule has 0 unspecified atom stereocenters. The third-order valence-electron chi connectivity index (χ3n) is 5.52. The van der Waals surface area contributed by atoms with Gasteiger partial charge in [-0.15, -0.1) is 0 Å². The Morgan fingerprint density at radius 2 is 1.85 bits per heavy atom. The second-order valence-corrected chi connectivity index (χ2v) is 7.82. The lowest BCUT2D eigenvalue weighted by Crippen LogP contribution is -2.46. The van der Waals surface area contributed by atoms with Crippen LogP contribution in [0.5, 0.6) is 0 Å². The summed E-state index contributed by atoms with van der Waals surface area (Å²) in [6.45, 7) is 3.87. The summed E-state index contributed by atoms with van der Waals surface area (Å²) in [7, 11) is 2.06. The monoisotopic (exact) mass is 376 g/mol. The molecule has 26 heavy (non-hydrogen) atoms. The number of halogens is 1. The summed E-state index contributed by atoms with van der Waals surface area (Å²) in [5.74, 6) is 0.807. The standard InChI is InChI=1S/C21H29ClN2O2/c1-23(20-10-14-26-15-11-20)16-21(25)24-12-8-18(9-13-24)3-2-17-4-6-19(22)7-5-17/h2-7,18,20H,8-16H2,1H3. The first-order valence-electron chi connectivity index (χ1n) is 9.61. The van der Waals surface area contributed by atoms with E-state index in [1.807, 2.05) is 29.2 Å². The van der Waals surface area contributed by atoms with Gasteiger partial charge in [-0.25, -0.2) is 0 Å². The highest BCUT2D eigenvalue weighted by atomic mass is 35.5. The maximum Gasteiger partial charge on any atom is 0.236 e. The third-order valence-corrected chi connectivity index (χ3v) is 5.77. The minimum atomic E-state index is 0.263. The number of hydrogen-bond donors (Lipinski definition) is 0. The van der Waals surface area contributed by atoms with E-state index in [0.29, 0.717) is 18.5 Å². The molecule has 3 rings (SSSR count). The number of nitrogens with zero attached hydrogens (tertiary/aromatic N) is 2. The molecule has 0 spiro atoms. The summed E-state index contributed by atoms with van der Waals surface area (Å²) in [5, 5.41) is 0.764. The van der Waals surface area contributed by atoms with Crippen molar-refractivity contribution in [2.24, 2.45) is 5.92 Å². The summed E-state index contributed by atoms with van der Waals surface area (Å²) < 4.78 is 5.41. The lowest BCUT2D eigenvalue weighted by Gasteiger charge is -2.35. The van der Waals surface area contributed by atoms with Gasteiger partial charge in [-0.2, -0.15) is 0 Å². The molecule has 0 N–H and O–H groups in total. The fourth-order valence-electron chi connectivity index (χ4n) is 3.73. The first-order valence-corrected chi connectivity index (χ1v) is 9.99. The maximum absolute atomic E-state index is 12.6. The van der Waals surface area contributed by atoms with Gasteiger partial charge in [-0.05, 0) is 56.3 Å². The molecular weight excluding hydrogens is 348 g/mol. The molecule has 4 nitrogen and oxygen atoms in total. The predicted octanol–water partition coefficient (Wildman–Crippen LogP) is 3.70. The molecule has 0 aromatic heterocycles. The zero-order valence-corrected chi connectivity index (χ0v) is 16.3. The van der Waals surface area contributed by atoms with Crippen molar-refractivity contribution >= 4 is 23.6 Å². The fourth-order valence-corrected chi connectivity index (χ4v) is 3.86. The Morgan fingerprint density at radius 3 is 2.50 bits per heavy atom. The third kappa shape index (κ3) is 5.57. The van der Waals surface area contributed by atoms with E-state index in [0.717, 1.165) is 57.0 Å². The van der Waals surface area contributed by atoms with E-state index in [-0.39, 0.29) is 5.91 Å². The topological polar surface area (TPSA) is 32.8 Å². The molecule has 1 amide bonds. The van der Waals surface area contributed by atoms with Crippen LogP contribution in [0.15, 0.2) is 30.3 Å². The molecule has 2 aliphatic rings. The first-order chi connectivity index (χ1) is 12.6. The van der Waals surface area contributed by atoms with Crippen molar-refractivity contribution in [2.75, 3.05) is 39.9 Å². The number of likely N-dealkylation sites (tertiary alicyclic amines) is 1. The van der Waals surface area contributed by atoms with Crippen molar-refractivity contribution in [2.45, 2.75) is 31.7 Å². The van der Waals surface area contributed by atoms with E-state index in [2.05, 4.69) is 24.1 Å². The van der Waals surface area contributed by atoms with Crippen LogP contribution in [0.4, 0.5) is 0 Å². The van der Waals surface area contributed by atoms with Crippen LogP contribution in [0.1, 0.15) is 31.2 Å². The molecule has 2 saturated heterocycles. The van der Waals surface area contributed by atoms with Crippen molar-refractivity contribution in [3.05, 3.63) is 40.9 Å². The van der Waals surface area contributed by atoms with Crippen LogP contribution < -0.4 is 0 Å². The second-order valence-electron chi connectivity index (χ2n) is 7.39. The van der Waals surface area contributed by atoms with Gasteiger partial charge in [0.25, 0.3) is 0 Å². The summed E-state index contributed by atoms with van der Waals surface area (Å²) in [6.07, 6.45) is 8.58. The SMILES string of the molecule is CN(CC(=O)N1CCC(C=Cc2ccc(Cl)cc2)CC1)C1CCOCC1. The Labute approximate surface area is 161 Å². The van der Waals surface area contributed by atoms with Crippen molar-refractivity contribution in [1.29, 1.82) is 0 Å². The summed E-state index contributed by atoms with van der Waals surface area (Å²) >= 11 is 5.92. The van der Waals surface area contributed by atoms with Crippen molar-refractivity contribution in [3.63, 3.8) is 0 Å². The molecule has 1 aromatic carbocycles. The smallest absolute Gasteiger partial charge is 0.236 e. The molecule has 0 radical (unpaired) electrons. The van der Waals surface area contributed by atoms with Gasteiger partial charge in [0.05, 0.1) is 6.54 Å². The normalized spacial score (nSPS) is 20.2. The van der Waals surface area contributed by atoms with E-state index in [9.17, 15) is 4.79 Å². The van der Waals surface area contributed by atoms with E-state index >= 15 is 0 Å². The number of hydrogen-bond acceptors (Lipinski definition) is 3. The number of carbonyl (C=O) groups excluding carboxylic acids is 1. The number of ether oxygens (including phenoxy) is 1. The first kappa shape index (κ1) is 19.4. The Morgan fingerprint density at radius 1 is 1.19 bits per heavy atom. The molecule has 142 valence electrons. The average molecular weight is 377 g/mol. The molecule has 0 atom stereocenters. The zero-order valence-electron chi connectivity index (χ0n) is 15.6. The fraction of sp³-hybridized carbons (Fsp3) is 0.571. The van der Waals surface area contributed by atoms with Crippen LogP contribution in [-0.4, -0.2) is 61.6 Å². The molecule has 0 saturated carbocycles. The van der Waals surface area contributed by atoms with Crippen LogP contribution in [-0.2, 0) is 9.53 Å². The quantitative estimate of drug-likeness (QED) is 0.785. The van der Waals surface area contributed by atoms with E-state index in [1.54, 1.807) is 0 Å². The van der Waals surface area contributed by atoms with Gasteiger partial charge in [-0.3, -0.25) is 9.69 Å². The van der Waals surface area contributed by atoms with Crippen LogP contribution in [0.25, 0.3) is 6.08 Å². The molecule has 2 fully saturated rings. The Kier molecular flexibility index (Phi) is 7.12. The van der Waals surface area contributed by atoms with E-state index < -0.39 is 0 Å². The van der Waals surface area contributed by atoms with Crippen molar-refractivity contribution in [1.82, 2.24) is 9.80 Å². The number of carbonyl (C=O) groups is 1. The largest absolute Gasteiger partial charge is 0.381 e. The molecule has 0 aliphatic carbocycles. The second kappa shape index (κ2) is 9.54. The van der Waals surface area contributed by atoms with Crippen molar-refractivity contribution < 1.29 is 9.53 Å². The number of likely N-dealkylation sites (N-methyl/N-ethyl adjacent to an activating group) is 1. The average Bonchev–Trinajstić information content (AvgIpc) is 2.68. The number of piperidine rings is 1. The predicted molar refractivity (Wildman–Crippen MR) is 106 cm³/mol. The summed E-state index contributed by atoms with van der Waals surface area (Å²) in [5.41, 5.74) is 1.17. The lowest BCUT2D eigenvalue weighted by molar-refractivity contribution is -0.134. The minimum Gasteiger partial charge on any atom is -0.381 e. The zero-order chi connectivity index (χ0) is 18.4. The highest BCUT2D eigenvalue weighted by molar-refractivity contribution is 6.30. The molecule has 1 aromatic rings. The van der Waals surface area contributed by atoms with E-state index in [4.69, 9.17) is 16.3 Å². The maximum atomic E-state index is 12.6. The van der Waals surface area contributed by atoms with Gasteiger partial charge in [0.1, 0.15) is 0 Å². The van der Waals surface area contributed by atoms with Crippen LogP contribution in [0.2, 0.25) is 5.02 Å². The molecule has 0 bridgehead atoms. The summed E-state index contributed by atoms with van der Waals surface area (Å²) in [6, 6.07) is 8.37. The van der Waals surface area contributed by atoms with Crippen LogP contribution in [0.3, 0.4) is 0 Å². The van der Waals surface area contributed by atoms with Gasteiger partial charge >= 0.3 is 0 Å². The minimum absolute atomic E-state index is 0.263. The molecule has 2 aliphatic heterocycles. The number of amides is 1. The van der Waals surface area contributed by atoms with Gasteiger partial charge in [0.2, 0.25) is 5.91 Å². The number of rotatable bonds is 5. The summed E-state index contributed by atoms with van der Waals surface area (Å²) in [4.78, 5) is 16.8. The lowest BCUT2D eigenvalue weighted by atomic mass is 9.95. The van der Waals surface area contributed by atoms with Gasteiger partial charge in [-0.1, -0.05) is 35.9 Å². The van der Waals surface area contributed by atoms with E-state index in [1.165, 1.54) is 5.56 Å². The van der Waals surface area contributed by atoms with Crippen LogP contribution in [0, 0.1) is 5.92 Å². The molecule has 2 heterocycles. The molecular formula is C21H29ClN2O2. The van der Waals surface area contributed by atoms with Gasteiger partial charge in [0, 0.05) is 37.4 Å².